The van der Waals surface area contributed by atoms with E-state index in [1.807, 2.05) is 4.72 Å². The number of rotatable bonds is 8. The molecule has 0 saturated heterocycles. The number of hydroxylamine groups is 2. The van der Waals surface area contributed by atoms with Gasteiger partial charge in [0.2, 0.25) is 0 Å². The van der Waals surface area contributed by atoms with E-state index in [9.17, 15) is 30.8 Å². The Labute approximate surface area is 188 Å². The van der Waals surface area contributed by atoms with Crippen molar-refractivity contribution in [2.24, 2.45) is 5.41 Å². The first kappa shape index (κ1) is 25.0. The second-order valence-corrected chi connectivity index (χ2v) is 9.53. The number of nitrogens with one attached hydrogen (secondary N) is 1. The second-order valence-electron chi connectivity index (χ2n) is 7.84. The predicted octanol–water partition coefficient (Wildman–Crippen LogP) is 2.67. The number of benzene rings is 1. The summed E-state index contributed by atoms with van der Waals surface area (Å²) < 4.78 is 78.3. The van der Waals surface area contributed by atoms with Crippen LogP contribution in [0.1, 0.15) is 24.8 Å². The van der Waals surface area contributed by atoms with E-state index in [1.165, 1.54) is 26.3 Å². The van der Waals surface area contributed by atoms with E-state index in [1.54, 1.807) is 0 Å². The van der Waals surface area contributed by atoms with E-state index in [2.05, 4.69) is 9.97 Å². The number of sulfonamides is 1. The first-order valence-electron chi connectivity index (χ1n) is 9.85. The maximum absolute atomic E-state index is 14.4. The molecule has 3 rings (SSSR count). The lowest BCUT2D eigenvalue weighted by Gasteiger charge is -2.32. The molecule has 0 bridgehead atoms. The van der Waals surface area contributed by atoms with E-state index >= 15 is 0 Å². The third-order valence-electron chi connectivity index (χ3n) is 5.62. The second kappa shape index (κ2) is 9.69. The largest absolute Gasteiger partial charge is 0.350 e. The maximum atomic E-state index is 14.4. The lowest BCUT2D eigenvalue weighted by Crippen LogP contribution is -2.44. The van der Waals surface area contributed by atoms with Gasteiger partial charge in [-0.3, -0.25) is 9.63 Å². The number of hydrogen-bond donors (Lipinski definition) is 1. The van der Waals surface area contributed by atoms with Gasteiger partial charge in [-0.15, -0.1) is 0 Å². The van der Waals surface area contributed by atoms with E-state index in [0.717, 1.165) is 23.5 Å². The van der Waals surface area contributed by atoms with E-state index < -0.39 is 44.8 Å². The minimum Gasteiger partial charge on any atom is -0.275 e. The van der Waals surface area contributed by atoms with Crippen molar-refractivity contribution in [1.29, 1.82) is 0 Å². The Morgan fingerprint density at radius 3 is 2.58 bits per heavy atom. The summed E-state index contributed by atoms with van der Waals surface area (Å²) in [6, 6.07) is 3.13. The van der Waals surface area contributed by atoms with E-state index in [0.29, 0.717) is 5.56 Å². The van der Waals surface area contributed by atoms with Crippen LogP contribution in [0.25, 0.3) is 11.4 Å². The van der Waals surface area contributed by atoms with Crippen LogP contribution in [0.5, 0.6) is 0 Å². The zero-order chi connectivity index (χ0) is 24.4. The Morgan fingerprint density at radius 2 is 1.97 bits per heavy atom. The first-order chi connectivity index (χ1) is 15.5. The molecule has 1 aromatic carbocycles. The molecule has 8 nitrogen and oxygen atoms in total. The third-order valence-corrected chi connectivity index (χ3v) is 6.75. The highest BCUT2D eigenvalue weighted by atomic mass is 32.2. The summed E-state index contributed by atoms with van der Waals surface area (Å²) in [4.78, 5) is 25.7. The highest BCUT2D eigenvalue weighted by molar-refractivity contribution is 7.89. The molecule has 1 aliphatic carbocycles. The van der Waals surface area contributed by atoms with Gasteiger partial charge in [0, 0.05) is 13.1 Å². The zero-order valence-corrected chi connectivity index (χ0v) is 18.6. The Morgan fingerprint density at radius 1 is 1.30 bits per heavy atom. The first-order valence-corrected chi connectivity index (χ1v) is 11.4. The van der Waals surface area contributed by atoms with Crippen molar-refractivity contribution < 1.29 is 35.6 Å². The fraction of sp³-hybridized carbons (Fsp3) is 0.450. The number of carbonyl (C=O) groups excluding carboxylic acids is 1. The zero-order valence-electron chi connectivity index (χ0n) is 17.8. The quantitative estimate of drug-likeness (QED) is 0.451. The monoisotopic (exact) mass is 490 g/mol. The molecule has 1 fully saturated rings. The van der Waals surface area contributed by atoms with Gasteiger partial charge in [0.05, 0.1) is 30.5 Å². The lowest BCUT2D eigenvalue weighted by atomic mass is 9.78. The smallest absolute Gasteiger partial charge is 0.275 e. The summed E-state index contributed by atoms with van der Waals surface area (Å²) in [7, 11) is -2.19. The van der Waals surface area contributed by atoms with Gasteiger partial charge in [-0.25, -0.2) is 37.0 Å². The fourth-order valence-electron chi connectivity index (χ4n) is 4.05. The van der Waals surface area contributed by atoms with Crippen molar-refractivity contribution in [2.45, 2.75) is 37.5 Å². The van der Waals surface area contributed by atoms with E-state index in [4.69, 9.17) is 4.84 Å². The van der Waals surface area contributed by atoms with Crippen molar-refractivity contribution in [2.75, 3.05) is 14.2 Å². The molecule has 2 aromatic rings. The van der Waals surface area contributed by atoms with Crippen LogP contribution in [0.2, 0.25) is 0 Å². The summed E-state index contributed by atoms with van der Waals surface area (Å²) in [5.74, 6) is -5.48. The van der Waals surface area contributed by atoms with Gasteiger partial charge < -0.3 is 0 Å². The number of nitrogens with zero attached hydrogens (tertiary/aromatic N) is 3. The Hall–Kier alpha value is -2.64. The standard InChI is InChI=1S/C20H22F4N4O4S/c1-28(32-2)18(29)20(6-5-14(9-20)27-33(30,31)19(23)24)8-12-3-4-16(22)15(7-12)17-25-10-13(21)11-26-17/h3-4,7,10-11,14,19,27H,5-6,8-9H2,1-2H3/t14-,20+/m0/s1. The molecule has 1 aliphatic rings. The Kier molecular flexibility index (Phi) is 7.34. The van der Waals surface area contributed by atoms with Crippen LogP contribution >= 0.6 is 0 Å². The van der Waals surface area contributed by atoms with Gasteiger partial charge in [0.15, 0.2) is 11.6 Å². The molecule has 1 N–H and O–H groups in total. The van der Waals surface area contributed by atoms with Crippen molar-refractivity contribution in [1.82, 2.24) is 19.8 Å². The van der Waals surface area contributed by atoms with Crippen molar-refractivity contribution >= 4 is 15.9 Å². The molecule has 1 amide bonds. The topological polar surface area (TPSA) is 101 Å². The summed E-state index contributed by atoms with van der Waals surface area (Å²) in [6.45, 7) is 0. The average molecular weight is 490 g/mol. The minimum absolute atomic E-state index is 0.0110. The van der Waals surface area contributed by atoms with Gasteiger partial charge in [0.25, 0.3) is 15.9 Å². The fourth-order valence-corrected chi connectivity index (χ4v) is 4.82. The summed E-state index contributed by atoms with van der Waals surface area (Å²) in [5, 5.41) is 0.984. The van der Waals surface area contributed by atoms with Crippen LogP contribution in [0.3, 0.4) is 0 Å². The minimum atomic E-state index is -4.84. The average Bonchev–Trinajstić information content (AvgIpc) is 3.17. The molecule has 180 valence electrons. The molecule has 0 spiro atoms. The maximum Gasteiger partial charge on any atom is 0.350 e. The SMILES string of the molecule is CON(C)C(=O)[C@@]1(Cc2ccc(F)c(-c3ncc(F)cn3)c2)CC[C@H](NS(=O)(=O)C(F)F)C1. The van der Waals surface area contributed by atoms with Crippen LogP contribution in [-0.2, 0) is 26.1 Å². The van der Waals surface area contributed by atoms with Gasteiger partial charge >= 0.3 is 5.76 Å². The van der Waals surface area contributed by atoms with Gasteiger partial charge in [-0.05, 0) is 43.4 Å². The summed E-state index contributed by atoms with van der Waals surface area (Å²) >= 11 is 0. The lowest BCUT2D eigenvalue weighted by molar-refractivity contribution is -0.180. The number of hydrogen-bond acceptors (Lipinski definition) is 6. The third kappa shape index (κ3) is 5.47. The summed E-state index contributed by atoms with van der Waals surface area (Å²) in [6.07, 6.45) is 2.08. The van der Waals surface area contributed by atoms with Crippen LogP contribution in [-0.4, -0.2) is 55.3 Å². The predicted molar refractivity (Wildman–Crippen MR) is 109 cm³/mol. The molecule has 0 aliphatic heterocycles. The molecular formula is C20H22F4N4O4S. The molecular weight excluding hydrogens is 468 g/mol. The van der Waals surface area contributed by atoms with Crippen LogP contribution in [0, 0.1) is 17.0 Å². The molecule has 0 radical (unpaired) electrons. The summed E-state index contributed by atoms with van der Waals surface area (Å²) in [5.41, 5.74) is -0.712. The van der Waals surface area contributed by atoms with Crippen LogP contribution in [0.4, 0.5) is 17.6 Å². The number of alkyl halides is 2. The molecule has 1 saturated carbocycles. The number of halogens is 4. The number of aromatic nitrogens is 2. The van der Waals surface area contributed by atoms with Crippen molar-refractivity contribution in [3.63, 3.8) is 0 Å². The molecule has 1 heterocycles. The molecule has 2 atom stereocenters. The van der Waals surface area contributed by atoms with Gasteiger partial charge in [-0.1, -0.05) is 6.07 Å². The van der Waals surface area contributed by atoms with Crippen molar-refractivity contribution in [3.05, 3.63) is 47.8 Å². The van der Waals surface area contributed by atoms with Crippen LogP contribution in [0.15, 0.2) is 30.6 Å². The Balaban J connectivity index is 1.93. The highest BCUT2D eigenvalue weighted by Crippen LogP contribution is 2.43. The van der Waals surface area contributed by atoms with Crippen molar-refractivity contribution in [3.8, 4) is 11.4 Å². The number of amides is 1. The highest BCUT2D eigenvalue weighted by Gasteiger charge is 2.48. The molecule has 33 heavy (non-hydrogen) atoms. The molecule has 13 heteroatoms. The Bertz CT molecular complexity index is 1120. The van der Waals surface area contributed by atoms with Crippen LogP contribution < -0.4 is 4.72 Å². The van der Waals surface area contributed by atoms with Gasteiger partial charge in [-0.2, -0.15) is 8.78 Å². The normalized spacial score (nSPS) is 20.9. The molecule has 0 unspecified atom stereocenters. The number of carbonyl (C=O) groups is 1. The van der Waals surface area contributed by atoms with Gasteiger partial charge in [0.1, 0.15) is 5.82 Å². The van der Waals surface area contributed by atoms with E-state index in [-0.39, 0.29) is 37.1 Å². The molecule has 1 aromatic heterocycles.